The van der Waals surface area contributed by atoms with Crippen molar-refractivity contribution in [2.45, 2.75) is 52.4 Å². The molecule has 3 aromatic rings. The highest BCUT2D eigenvalue weighted by Crippen LogP contribution is 2.24. The van der Waals surface area contributed by atoms with Gasteiger partial charge in [-0.15, -0.1) is 0 Å². The Labute approximate surface area is 211 Å². The predicted octanol–water partition coefficient (Wildman–Crippen LogP) is 4.64. The molecule has 0 fully saturated rings. The number of benzene rings is 2. The summed E-state index contributed by atoms with van der Waals surface area (Å²) in [6.07, 6.45) is 0. The summed E-state index contributed by atoms with van der Waals surface area (Å²) >= 11 is 0. The summed E-state index contributed by atoms with van der Waals surface area (Å²) < 4.78 is 10.8. The van der Waals surface area contributed by atoms with Crippen molar-refractivity contribution in [1.82, 2.24) is 10.3 Å². The Hall–Kier alpha value is -3.91. The molecule has 0 radical (unpaired) electrons. The Bertz CT molecular complexity index is 1170. The summed E-state index contributed by atoms with van der Waals surface area (Å²) in [5.74, 6) is -1.06. The van der Waals surface area contributed by atoms with Gasteiger partial charge in [-0.1, -0.05) is 42.5 Å². The van der Waals surface area contributed by atoms with Gasteiger partial charge in [0.1, 0.15) is 17.2 Å². The van der Waals surface area contributed by atoms with Gasteiger partial charge in [0, 0.05) is 13.1 Å². The molecule has 3 N–H and O–H groups in total. The molecule has 1 aromatic heterocycles. The van der Waals surface area contributed by atoms with Crippen LogP contribution in [0.2, 0.25) is 0 Å². The average molecular weight is 492 g/mol. The zero-order chi connectivity index (χ0) is 26.1. The first-order valence-electron chi connectivity index (χ1n) is 11.9. The summed E-state index contributed by atoms with van der Waals surface area (Å²) in [4.78, 5) is 28.3. The van der Waals surface area contributed by atoms with Gasteiger partial charge >= 0.3 is 11.9 Å². The average Bonchev–Trinajstić information content (AvgIpc) is 2.82. The third kappa shape index (κ3) is 8.09. The second-order valence-corrected chi connectivity index (χ2v) is 9.22. The summed E-state index contributed by atoms with van der Waals surface area (Å²) in [7, 11) is 0. The van der Waals surface area contributed by atoms with E-state index in [0.29, 0.717) is 25.4 Å². The molecule has 8 heteroatoms. The van der Waals surface area contributed by atoms with Crippen LogP contribution in [0, 0.1) is 0 Å². The number of anilines is 1. The van der Waals surface area contributed by atoms with Gasteiger partial charge in [0.15, 0.2) is 0 Å². The molecule has 0 aliphatic heterocycles. The van der Waals surface area contributed by atoms with Crippen LogP contribution in [0.1, 0.15) is 39.0 Å². The van der Waals surface area contributed by atoms with Gasteiger partial charge in [0.05, 0.1) is 12.3 Å². The maximum Gasteiger partial charge on any atom is 0.340 e. The van der Waals surface area contributed by atoms with E-state index in [9.17, 15) is 14.7 Å². The van der Waals surface area contributed by atoms with Crippen molar-refractivity contribution in [3.63, 3.8) is 0 Å². The van der Waals surface area contributed by atoms with E-state index < -0.39 is 23.6 Å². The molecule has 36 heavy (non-hydrogen) atoms. The lowest BCUT2D eigenvalue weighted by Crippen LogP contribution is -2.42. The number of aliphatic carboxylic acids is 1. The Kier molecular flexibility index (Phi) is 9.02. The van der Waals surface area contributed by atoms with E-state index in [2.05, 4.69) is 45.9 Å². The van der Waals surface area contributed by atoms with Gasteiger partial charge in [0.2, 0.25) is 6.04 Å². The number of pyridine rings is 1. The van der Waals surface area contributed by atoms with Gasteiger partial charge in [-0.05, 0) is 68.7 Å². The van der Waals surface area contributed by atoms with Crippen molar-refractivity contribution >= 4 is 17.8 Å². The molecule has 1 heterocycles. The fourth-order valence-electron chi connectivity index (χ4n) is 3.47. The maximum atomic E-state index is 12.3. The number of esters is 1. The number of carboxylic acid groups (broad SMARTS) is 1. The highest BCUT2D eigenvalue weighted by Gasteiger charge is 2.31. The zero-order valence-corrected chi connectivity index (χ0v) is 21.1. The monoisotopic (exact) mass is 491 g/mol. The smallest absolute Gasteiger partial charge is 0.340 e. The molecular formula is C28H33N3O5. The van der Waals surface area contributed by atoms with E-state index in [1.165, 1.54) is 0 Å². The minimum absolute atomic E-state index is 0.284. The van der Waals surface area contributed by atoms with Crippen LogP contribution in [0.15, 0.2) is 66.7 Å². The lowest BCUT2D eigenvalue weighted by molar-refractivity contribution is -0.160. The largest absolute Gasteiger partial charge is 0.494 e. The van der Waals surface area contributed by atoms with E-state index >= 15 is 0 Å². The standard InChI is InChI=1S/C28H33N3O5/c1-5-35-23-10-6-8-21(16-23)20-14-12-19(13-15-20)17-29-18-22-9-7-11-24(30-22)31-25(26(32)33)27(34)36-28(2,3)4/h6-16,25,29H,5,17-18H2,1-4H3,(H,30,31)(H,32,33). The lowest BCUT2D eigenvalue weighted by Gasteiger charge is -2.23. The van der Waals surface area contributed by atoms with Gasteiger partial charge in [-0.3, -0.25) is 0 Å². The molecule has 0 saturated carbocycles. The minimum Gasteiger partial charge on any atom is -0.494 e. The van der Waals surface area contributed by atoms with Gasteiger partial charge in [-0.2, -0.15) is 0 Å². The van der Waals surface area contributed by atoms with Crippen molar-refractivity contribution < 1.29 is 24.2 Å². The summed E-state index contributed by atoms with van der Waals surface area (Å²) in [6, 6.07) is 20.0. The van der Waals surface area contributed by atoms with Gasteiger partial charge in [-0.25, -0.2) is 14.6 Å². The molecule has 3 rings (SSSR count). The first-order valence-corrected chi connectivity index (χ1v) is 11.9. The quantitative estimate of drug-likeness (QED) is 0.263. The molecule has 0 amide bonds. The molecule has 0 bridgehead atoms. The molecule has 2 aromatic carbocycles. The fraction of sp³-hybridized carbons (Fsp3) is 0.321. The Morgan fingerprint density at radius 2 is 1.69 bits per heavy atom. The summed E-state index contributed by atoms with van der Waals surface area (Å²) in [5.41, 5.74) is 3.23. The van der Waals surface area contributed by atoms with Crippen molar-refractivity contribution in [2.24, 2.45) is 0 Å². The van der Waals surface area contributed by atoms with E-state index in [1.54, 1.807) is 32.9 Å². The van der Waals surface area contributed by atoms with Crippen molar-refractivity contribution in [3.8, 4) is 16.9 Å². The number of hydrogen-bond donors (Lipinski definition) is 3. The number of hydrogen-bond acceptors (Lipinski definition) is 7. The number of aromatic nitrogens is 1. The number of carboxylic acids is 1. The third-order valence-electron chi connectivity index (χ3n) is 5.06. The summed E-state index contributed by atoms with van der Waals surface area (Å²) in [5, 5.41) is 15.5. The zero-order valence-electron chi connectivity index (χ0n) is 21.1. The number of carbonyl (C=O) groups is 2. The molecule has 190 valence electrons. The molecule has 0 spiro atoms. The first-order chi connectivity index (χ1) is 17.1. The second kappa shape index (κ2) is 12.2. The van der Waals surface area contributed by atoms with Crippen LogP contribution in [-0.2, 0) is 27.4 Å². The Morgan fingerprint density at radius 1 is 0.972 bits per heavy atom. The molecule has 8 nitrogen and oxygen atoms in total. The molecule has 0 aliphatic carbocycles. The first kappa shape index (κ1) is 26.7. The molecule has 0 saturated heterocycles. The fourth-order valence-corrected chi connectivity index (χ4v) is 3.47. The van der Waals surface area contributed by atoms with Crippen molar-refractivity contribution in [3.05, 3.63) is 78.0 Å². The molecular weight excluding hydrogens is 458 g/mol. The Morgan fingerprint density at radius 3 is 2.36 bits per heavy atom. The summed E-state index contributed by atoms with van der Waals surface area (Å²) in [6.45, 7) is 8.75. The van der Waals surface area contributed by atoms with E-state index in [-0.39, 0.29) is 5.82 Å². The molecule has 1 unspecified atom stereocenters. The van der Waals surface area contributed by atoms with Crippen molar-refractivity contribution in [2.75, 3.05) is 11.9 Å². The minimum atomic E-state index is -1.55. The van der Waals surface area contributed by atoms with Crippen LogP contribution < -0.4 is 15.4 Å². The van der Waals surface area contributed by atoms with Gasteiger partial charge < -0.3 is 25.2 Å². The normalized spacial score (nSPS) is 12.0. The maximum absolute atomic E-state index is 12.3. The van der Waals surface area contributed by atoms with Gasteiger partial charge in [0.25, 0.3) is 0 Å². The molecule has 0 aliphatic rings. The topological polar surface area (TPSA) is 110 Å². The second-order valence-electron chi connectivity index (χ2n) is 9.22. The van der Waals surface area contributed by atoms with E-state index in [1.807, 2.05) is 31.2 Å². The predicted molar refractivity (Wildman–Crippen MR) is 139 cm³/mol. The number of rotatable bonds is 11. The van der Waals surface area contributed by atoms with E-state index in [4.69, 9.17) is 9.47 Å². The number of ether oxygens (including phenoxy) is 2. The van der Waals surface area contributed by atoms with Crippen molar-refractivity contribution in [1.29, 1.82) is 0 Å². The highest BCUT2D eigenvalue weighted by atomic mass is 16.6. The van der Waals surface area contributed by atoms with Crippen LogP contribution in [0.25, 0.3) is 11.1 Å². The highest BCUT2D eigenvalue weighted by molar-refractivity contribution is 6.01. The van der Waals surface area contributed by atoms with Crippen LogP contribution in [0.5, 0.6) is 5.75 Å². The number of nitrogens with one attached hydrogen (secondary N) is 2. The van der Waals surface area contributed by atoms with Crippen LogP contribution in [-0.4, -0.2) is 40.3 Å². The lowest BCUT2D eigenvalue weighted by atomic mass is 10.0. The van der Waals surface area contributed by atoms with E-state index in [0.717, 1.165) is 22.4 Å². The number of nitrogens with zero attached hydrogens (tertiary/aromatic N) is 1. The number of carbonyl (C=O) groups excluding carboxylic acids is 1. The van der Waals surface area contributed by atoms with Crippen LogP contribution >= 0.6 is 0 Å². The van der Waals surface area contributed by atoms with Crippen LogP contribution in [0.4, 0.5) is 5.82 Å². The van der Waals surface area contributed by atoms with Crippen LogP contribution in [0.3, 0.4) is 0 Å². The molecule has 1 atom stereocenters. The third-order valence-corrected chi connectivity index (χ3v) is 5.06. The SMILES string of the molecule is CCOc1cccc(-c2ccc(CNCc3cccc(NC(C(=O)O)C(=O)OC(C)(C)C)n3)cc2)c1. The Balaban J connectivity index is 1.56.